The number of carbonyl (C=O) groups excluding carboxylic acids is 1. The molecule has 0 atom stereocenters. The molecule has 1 aromatic heterocycles. The first-order valence-electron chi connectivity index (χ1n) is 6.58. The van der Waals surface area contributed by atoms with Crippen molar-refractivity contribution in [3.05, 3.63) is 21.4 Å². The number of rotatable bonds is 7. The first-order chi connectivity index (χ1) is 8.99. The largest absolute Gasteiger partial charge is 0.481 e. The van der Waals surface area contributed by atoms with E-state index in [1.54, 1.807) is 18.4 Å². The van der Waals surface area contributed by atoms with Gasteiger partial charge in [-0.25, -0.2) is 0 Å². The van der Waals surface area contributed by atoms with Gasteiger partial charge < -0.3 is 10.0 Å². The first-order valence-corrected chi connectivity index (χ1v) is 7.40. The van der Waals surface area contributed by atoms with Gasteiger partial charge in [-0.05, 0) is 24.5 Å². The second-order valence-corrected chi connectivity index (χ2v) is 5.67. The molecule has 19 heavy (non-hydrogen) atoms. The molecule has 0 aliphatic rings. The molecule has 4 nitrogen and oxygen atoms in total. The number of carbonyl (C=O) groups is 2. The summed E-state index contributed by atoms with van der Waals surface area (Å²) in [5.74, 6) is -0.963. The molecule has 0 spiro atoms. The highest BCUT2D eigenvalue weighted by Crippen LogP contribution is 2.25. The van der Waals surface area contributed by atoms with E-state index in [0.717, 1.165) is 19.3 Å². The molecule has 1 rings (SSSR count). The molecular weight excluding hydrogens is 262 g/mol. The smallest absolute Gasteiger partial charge is 0.305 e. The standard InChI is InChI=1S/C14H21NO3S/c1-4-6-11-10(5-2)9-12(19-11)14(18)15(3)8-7-13(16)17/h9H,4-8H2,1-3H3,(H,16,17). The predicted octanol–water partition coefficient (Wildman–Crippen LogP) is 2.81. The van der Waals surface area contributed by atoms with Crippen molar-refractivity contribution in [1.82, 2.24) is 4.90 Å². The summed E-state index contributed by atoms with van der Waals surface area (Å²) in [6, 6.07) is 1.95. The van der Waals surface area contributed by atoms with Crippen molar-refractivity contribution in [2.75, 3.05) is 13.6 Å². The number of aliphatic carboxylic acids is 1. The van der Waals surface area contributed by atoms with Crippen molar-refractivity contribution in [3.63, 3.8) is 0 Å². The van der Waals surface area contributed by atoms with Crippen LogP contribution in [0.2, 0.25) is 0 Å². The number of hydrogen-bond acceptors (Lipinski definition) is 3. The lowest BCUT2D eigenvalue weighted by atomic mass is 10.1. The van der Waals surface area contributed by atoms with Crippen LogP contribution in [0.1, 0.15) is 46.8 Å². The van der Waals surface area contributed by atoms with E-state index in [1.807, 2.05) is 6.07 Å². The summed E-state index contributed by atoms with van der Waals surface area (Å²) in [7, 11) is 1.65. The van der Waals surface area contributed by atoms with Crippen LogP contribution < -0.4 is 0 Å². The molecule has 0 aromatic carbocycles. The van der Waals surface area contributed by atoms with Crippen LogP contribution in [0.15, 0.2) is 6.07 Å². The van der Waals surface area contributed by atoms with Crippen molar-refractivity contribution >= 4 is 23.2 Å². The quantitative estimate of drug-likeness (QED) is 0.837. The monoisotopic (exact) mass is 283 g/mol. The molecule has 1 amide bonds. The summed E-state index contributed by atoms with van der Waals surface area (Å²) < 4.78 is 0. The van der Waals surface area contributed by atoms with Crippen molar-refractivity contribution in [2.24, 2.45) is 0 Å². The summed E-state index contributed by atoms with van der Waals surface area (Å²) >= 11 is 1.54. The van der Waals surface area contributed by atoms with Gasteiger partial charge in [-0.15, -0.1) is 11.3 Å². The van der Waals surface area contributed by atoms with Crippen LogP contribution in [0.5, 0.6) is 0 Å². The SMILES string of the molecule is CCCc1sc(C(=O)N(C)CCC(=O)O)cc1CC. The summed E-state index contributed by atoms with van der Waals surface area (Å²) in [5.41, 5.74) is 1.24. The highest BCUT2D eigenvalue weighted by Gasteiger charge is 2.17. The lowest BCUT2D eigenvalue weighted by molar-refractivity contribution is -0.137. The summed E-state index contributed by atoms with van der Waals surface area (Å²) in [4.78, 5) is 26.2. The summed E-state index contributed by atoms with van der Waals surface area (Å²) in [5, 5.41) is 8.64. The molecule has 0 unspecified atom stereocenters. The molecule has 0 radical (unpaired) electrons. The average molecular weight is 283 g/mol. The van der Waals surface area contributed by atoms with Gasteiger partial charge >= 0.3 is 5.97 Å². The van der Waals surface area contributed by atoms with E-state index in [-0.39, 0.29) is 18.9 Å². The van der Waals surface area contributed by atoms with E-state index in [0.29, 0.717) is 4.88 Å². The lowest BCUT2D eigenvalue weighted by Gasteiger charge is -2.14. The van der Waals surface area contributed by atoms with E-state index in [1.165, 1.54) is 15.3 Å². The van der Waals surface area contributed by atoms with Crippen LogP contribution in [0, 0.1) is 0 Å². The Labute approximate surface area is 118 Å². The minimum Gasteiger partial charge on any atom is -0.481 e. The minimum atomic E-state index is -0.883. The van der Waals surface area contributed by atoms with Crippen molar-refractivity contribution in [1.29, 1.82) is 0 Å². The van der Waals surface area contributed by atoms with Gasteiger partial charge in [0.2, 0.25) is 0 Å². The summed E-state index contributed by atoms with van der Waals surface area (Å²) in [6.07, 6.45) is 2.98. The van der Waals surface area contributed by atoms with E-state index >= 15 is 0 Å². The fourth-order valence-corrected chi connectivity index (χ4v) is 3.21. The third-order valence-corrected chi connectivity index (χ3v) is 4.20. The number of carboxylic acids is 1. The van der Waals surface area contributed by atoms with Crippen molar-refractivity contribution in [3.8, 4) is 0 Å². The number of hydrogen-bond donors (Lipinski definition) is 1. The molecule has 0 saturated heterocycles. The maximum atomic E-state index is 12.2. The Hall–Kier alpha value is -1.36. The molecule has 0 fully saturated rings. The fraction of sp³-hybridized carbons (Fsp3) is 0.571. The number of thiophene rings is 1. The van der Waals surface area contributed by atoms with Gasteiger partial charge in [-0.2, -0.15) is 0 Å². The Morgan fingerprint density at radius 1 is 1.37 bits per heavy atom. The predicted molar refractivity (Wildman–Crippen MR) is 76.9 cm³/mol. The Bertz CT molecular complexity index is 454. The van der Waals surface area contributed by atoms with Gasteiger partial charge in [0.05, 0.1) is 11.3 Å². The van der Waals surface area contributed by atoms with E-state index in [4.69, 9.17) is 5.11 Å². The number of aryl methyl sites for hydroxylation is 2. The molecule has 0 aliphatic carbocycles. The third kappa shape index (κ3) is 4.35. The zero-order chi connectivity index (χ0) is 14.4. The van der Waals surface area contributed by atoms with Crippen LogP contribution in [-0.4, -0.2) is 35.5 Å². The maximum absolute atomic E-state index is 12.2. The molecule has 106 valence electrons. The molecule has 1 heterocycles. The molecule has 1 N–H and O–H groups in total. The lowest BCUT2D eigenvalue weighted by Crippen LogP contribution is -2.28. The van der Waals surface area contributed by atoms with E-state index < -0.39 is 5.97 Å². The molecule has 0 bridgehead atoms. The van der Waals surface area contributed by atoms with Gasteiger partial charge in [0.25, 0.3) is 5.91 Å². The van der Waals surface area contributed by atoms with E-state index in [9.17, 15) is 9.59 Å². The van der Waals surface area contributed by atoms with Gasteiger partial charge in [-0.3, -0.25) is 9.59 Å². The number of nitrogens with zero attached hydrogens (tertiary/aromatic N) is 1. The molecule has 0 saturated carbocycles. The highest BCUT2D eigenvalue weighted by atomic mass is 32.1. The number of amides is 1. The highest BCUT2D eigenvalue weighted by molar-refractivity contribution is 7.14. The Morgan fingerprint density at radius 2 is 2.05 bits per heavy atom. The van der Waals surface area contributed by atoms with Gasteiger partial charge in [0, 0.05) is 18.5 Å². The molecular formula is C14H21NO3S. The van der Waals surface area contributed by atoms with Gasteiger partial charge in [-0.1, -0.05) is 20.3 Å². The van der Waals surface area contributed by atoms with Crippen LogP contribution in [-0.2, 0) is 17.6 Å². The average Bonchev–Trinajstić information content (AvgIpc) is 2.78. The Balaban J connectivity index is 2.78. The van der Waals surface area contributed by atoms with Crippen LogP contribution in [0.4, 0.5) is 0 Å². The third-order valence-electron chi connectivity index (χ3n) is 2.97. The zero-order valence-electron chi connectivity index (χ0n) is 11.7. The van der Waals surface area contributed by atoms with Crippen molar-refractivity contribution in [2.45, 2.75) is 39.5 Å². The zero-order valence-corrected chi connectivity index (χ0v) is 12.5. The molecule has 1 aromatic rings. The normalized spacial score (nSPS) is 10.5. The Morgan fingerprint density at radius 3 is 2.58 bits per heavy atom. The fourth-order valence-electron chi connectivity index (χ4n) is 1.86. The minimum absolute atomic E-state index is 0.0178. The Kier molecular flexibility index (Phi) is 6.02. The topological polar surface area (TPSA) is 57.6 Å². The maximum Gasteiger partial charge on any atom is 0.305 e. The van der Waals surface area contributed by atoms with E-state index in [2.05, 4.69) is 13.8 Å². The molecule has 5 heteroatoms. The van der Waals surface area contributed by atoms with Crippen LogP contribution in [0.25, 0.3) is 0 Å². The van der Waals surface area contributed by atoms with Crippen LogP contribution >= 0.6 is 11.3 Å². The first kappa shape index (κ1) is 15.7. The second kappa shape index (κ2) is 7.28. The van der Waals surface area contributed by atoms with Crippen LogP contribution in [0.3, 0.4) is 0 Å². The molecule has 0 aliphatic heterocycles. The summed E-state index contributed by atoms with van der Waals surface area (Å²) in [6.45, 7) is 4.46. The second-order valence-electron chi connectivity index (χ2n) is 4.53. The van der Waals surface area contributed by atoms with Crippen molar-refractivity contribution < 1.29 is 14.7 Å². The number of carboxylic acid groups (broad SMARTS) is 1. The van der Waals surface area contributed by atoms with Gasteiger partial charge in [0.15, 0.2) is 0 Å². The van der Waals surface area contributed by atoms with Gasteiger partial charge in [0.1, 0.15) is 0 Å².